The molecule has 1 saturated heterocycles. The Morgan fingerprint density at radius 2 is 2.11 bits per heavy atom. The molecule has 4 nitrogen and oxygen atoms in total. The van der Waals surface area contributed by atoms with E-state index < -0.39 is 0 Å². The maximum Gasteiger partial charge on any atom is 0.261 e. The molecule has 0 radical (unpaired) electrons. The van der Waals surface area contributed by atoms with Crippen LogP contribution in [0.3, 0.4) is 0 Å². The van der Waals surface area contributed by atoms with Crippen LogP contribution < -0.4 is 5.56 Å². The molecule has 1 atom stereocenters. The number of hydrogen-bond acceptors (Lipinski definition) is 2. The van der Waals surface area contributed by atoms with Gasteiger partial charge in [0.1, 0.15) is 5.56 Å². The third kappa shape index (κ3) is 1.96. The monoisotopic (exact) mass is 246 g/mol. The smallest absolute Gasteiger partial charge is 0.261 e. The van der Waals surface area contributed by atoms with Crippen LogP contribution in [0.15, 0.2) is 16.9 Å². The number of nitrogens with zero attached hydrogens (tertiary/aromatic N) is 1. The quantitative estimate of drug-likeness (QED) is 0.866. The van der Waals surface area contributed by atoms with E-state index in [1.165, 1.54) is 0 Å². The summed E-state index contributed by atoms with van der Waals surface area (Å²) in [5, 5.41) is 0. The van der Waals surface area contributed by atoms with Gasteiger partial charge in [0.25, 0.3) is 11.5 Å². The minimum atomic E-state index is -0.233. The van der Waals surface area contributed by atoms with Crippen molar-refractivity contribution in [3.8, 4) is 0 Å². The second-order valence-corrected chi connectivity index (χ2v) is 5.42. The maximum absolute atomic E-state index is 12.3. The van der Waals surface area contributed by atoms with Crippen molar-refractivity contribution in [2.24, 2.45) is 0 Å². The lowest BCUT2D eigenvalue weighted by Crippen LogP contribution is -2.37. The molecule has 1 aliphatic carbocycles. The van der Waals surface area contributed by atoms with Gasteiger partial charge in [0.2, 0.25) is 0 Å². The molecule has 1 aliphatic heterocycles. The first-order valence-corrected chi connectivity index (χ1v) is 6.71. The highest BCUT2D eigenvalue weighted by Gasteiger charge is 2.29. The van der Waals surface area contributed by atoms with Gasteiger partial charge in [0.15, 0.2) is 0 Å². The Labute approximate surface area is 106 Å². The highest BCUT2D eigenvalue weighted by atomic mass is 16.2. The second kappa shape index (κ2) is 4.26. The number of pyridine rings is 1. The van der Waals surface area contributed by atoms with E-state index in [-0.39, 0.29) is 23.1 Å². The number of amides is 1. The van der Waals surface area contributed by atoms with Crippen LogP contribution in [0.5, 0.6) is 0 Å². The molecule has 2 aliphatic rings. The average Bonchev–Trinajstić information content (AvgIpc) is 3.11. The van der Waals surface area contributed by atoms with Crippen LogP contribution in [0.2, 0.25) is 0 Å². The summed E-state index contributed by atoms with van der Waals surface area (Å²) in [6.07, 6.45) is 4.35. The Hall–Kier alpha value is -1.58. The second-order valence-electron chi connectivity index (χ2n) is 5.42. The molecule has 1 amide bonds. The Morgan fingerprint density at radius 1 is 1.33 bits per heavy atom. The Kier molecular flexibility index (Phi) is 2.73. The van der Waals surface area contributed by atoms with Gasteiger partial charge < -0.3 is 9.88 Å². The maximum atomic E-state index is 12.3. The Bertz CT molecular complexity index is 531. The lowest BCUT2D eigenvalue weighted by molar-refractivity contribution is 0.0745. The predicted molar refractivity (Wildman–Crippen MR) is 68.8 cm³/mol. The van der Waals surface area contributed by atoms with E-state index in [1.807, 2.05) is 13.0 Å². The fraction of sp³-hybridized carbons (Fsp3) is 0.571. The first-order valence-electron chi connectivity index (χ1n) is 6.71. The number of aromatic amines is 1. The molecule has 0 bridgehead atoms. The van der Waals surface area contributed by atoms with Crippen LogP contribution >= 0.6 is 0 Å². The normalized spacial score (nSPS) is 23.4. The molecule has 4 heteroatoms. The standard InChI is InChI=1S/C14H18N2O2/c1-9-3-2-8-16(9)14(18)11-6-7-12(10-4-5-10)15-13(11)17/h6-7,9-10H,2-5,8H2,1H3,(H,15,17)/t9-/m1/s1. The van der Waals surface area contributed by atoms with Gasteiger partial charge in [-0.15, -0.1) is 0 Å². The molecule has 1 saturated carbocycles. The van der Waals surface area contributed by atoms with E-state index in [0.29, 0.717) is 5.92 Å². The molecule has 0 unspecified atom stereocenters. The van der Waals surface area contributed by atoms with E-state index in [1.54, 1.807) is 11.0 Å². The lowest BCUT2D eigenvalue weighted by atomic mass is 10.2. The third-order valence-electron chi connectivity index (χ3n) is 3.99. The molecule has 0 aromatic carbocycles. The summed E-state index contributed by atoms with van der Waals surface area (Å²) in [5.41, 5.74) is 1.03. The molecular weight excluding hydrogens is 228 g/mol. The molecule has 2 heterocycles. The summed E-state index contributed by atoms with van der Waals surface area (Å²) >= 11 is 0. The number of aromatic nitrogens is 1. The van der Waals surface area contributed by atoms with Crippen molar-refractivity contribution in [3.63, 3.8) is 0 Å². The van der Waals surface area contributed by atoms with Gasteiger partial charge in [-0.25, -0.2) is 0 Å². The number of likely N-dealkylation sites (tertiary alicyclic amines) is 1. The largest absolute Gasteiger partial charge is 0.336 e. The van der Waals surface area contributed by atoms with Crippen molar-refractivity contribution >= 4 is 5.91 Å². The van der Waals surface area contributed by atoms with E-state index in [9.17, 15) is 9.59 Å². The summed E-state index contributed by atoms with van der Waals surface area (Å²) in [7, 11) is 0. The summed E-state index contributed by atoms with van der Waals surface area (Å²) in [5.74, 6) is 0.385. The van der Waals surface area contributed by atoms with E-state index >= 15 is 0 Å². The van der Waals surface area contributed by atoms with Crippen LogP contribution in [0.25, 0.3) is 0 Å². The van der Waals surface area contributed by atoms with E-state index in [0.717, 1.165) is 37.9 Å². The summed E-state index contributed by atoms with van der Waals surface area (Å²) in [4.78, 5) is 28.9. The number of carbonyl (C=O) groups is 1. The zero-order valence-electron chi connectivity index (χ0n) is 10.6. The van der Waals surface area contributed by atoms with Gasteiger partial charge in [-0.1, -0.05) is 0 Å². The van der Waals surface area contributed by atoms with Gasteiger partial charge in [-0.3, -0.25) is 9.59 Å². The van der Waals surface area contributed by atoms with Crippen LogP contribution in [0.1, 0.15) is 54.6 Å². The van der Waals surface area contributed by atoms with E-state index in [4.69, 9.17) is 0 Å². The Balaban J connectivity index is 1.87. The fourth-order valence-corrected chi connectivity index (χ4v) is 2.68. The van der Waals surface area contributed by atoms with Crippen molar-refractivity contribution < 1.29 is 4.79 Å². The molecule has 18 heavy (non-hydrogen) atoms. The first kappa shape index (κ1) is 11.5. The van der Waals surface area contributed by atoms with Crippen molar-refractivity contribution in [1.82, 2.24) is 9.88 Å². The highest BCUT2D eigenvalue weighted by molar-refractivity contribution is 5.94. The van der Waals surface area contributed by atoms with Crippen LogP contribution in [-0.4, -0.2) is 28.4 Å². The molecule has 3 rings (SSSR count). The van der Waals surface area contributed by atoms with Crippen molar-refractivity contribution in [2.75, 3.05) is 6.54 Å². The number of nitrogens with one attached hydrogen (secondary N) is 1. The average molecular weight is 246 g/mol. The first-order chi connectivity index (χ1) is 8.66. The molecule has 0 spiro atoms. The molecular formula is C14H18N2O2. The predicted octanol–water partition coefficient (Wildman–Crippen LogP) is 1.88. The molecule has 1 aromatic rings. The van der Waals surface area contributed by atoms with Gasteiger partial charge in [-0.2, -0.15) is 0 Å². The van der Waals surface area contributed by atoms with Crippen molar-refractivity contribution in [3.05, 3.63) is 33.7 Å². The summed E-state index contributed by atoms with van der Waals surface area (Å²) in [6.45, 7) is 2.81. The zero-order chi connectivity index (χ0) is 12.7. The molecule has 1 aromatic heterocycles. The summed E-state index contributed by atoms with van der Waals surface area (Å²) < 4.78 is 0. The van der Waals surface area contributed by atoms with Gasteiger partial charge in [-0.05, 0) is 50.7 Å². The van der Waals surface area contributed by atoms with Crippen LogP contribution in [0, 0.1) is 0 Å². The molecule has 1 N–H and O–H groups in total. The van der Waals surface area contributed by atoms with Gasteiger partial charge in [0.05, 0.1) is 0 Å². The number of H-pyrrole nitrogens is 1. The Morgan fingerprint density at radius 3 is 2.67 bits per heavy atom. The van der Waals surface area contributed by atoms with Crippen molar-refractivity contribution in [1.29, 1.82) is 0 Å². The number of carbonyl (C=O) groups excluding carboxylic acids is 1. The molecule has 2 fully saturated rings. The number of rotatable bonds is 2. The van der Waals surface area contributed by atoms with E-state index in [2.05, 4.69) is 4.98 Å². The topological polar surface area (TPSA) is 53.2 Å². The SMILES string of the molecule is C[C@@H]1CCCN1C(=O)c1ccc(C2CC2)[nH]c1=O. The van der Waals surface area contributed by atoms with Crippen molar-refractivity contribution in [2.45, 2.75) is 44.6 Å². The highest BCUT2D eigenvalue weighted by Crippen LogP contribution is 2.38. The van der Waals surface area contributed by atoms with Gasteiger partial charge >= 0.3 is 0 Å². The van der Waals surface area contributed by atoms with Crippen LogP contribution in [-0.2, 0) is 0 Å². The summed E-state index contributed by atoms with van der Waals surface area (Å²) in [6, 6.07) is 3.84. The fourth-order valence-electron chi connectivity index (χ4n) is 2.68. The zero-order valence-corrected chi connectivity index (χ0v) is 10.6. The minimum absolute atomic E-state index is 0.122. The number of hydrogen-bond donors (Lipinski definition) is 1. The lowest BCUT2D eigenvalue weighted by Gasteiger charge is -2.21. The molecule has 96 valence electrons. The van der Waals surface area contributed by atoms with Gasteiger partial charge in [0, 0.05) is 18.3 Å². The van der Waals surface area contributed by atoms with Crippen LogP contribution in [0.4, 0.5) is 0 Å². The third-order valence-corrected chi connectivity index (χ3v) is 3.99. The minimum Gasteiger partial charge on any atom is -0.336 e.